The number of benzene rings is 1. The van der Waals surface area contributed by atoms with Gasteiger partial charge in [0.05, 0.1) is 0 Å². The van der Waals surface area contributed by atoms with Gasteiger partial charge in [-0.05, 0) is 32.0 Å². The van der Waals surface area contributed by atoms with Crippen molar-refractivity contribution in [2.75, 3.05) is 11.9 Å². The highest BCUT2D eigenvalue weighted by atomic mass is 16.5. The van der Waals surface area contributed by atoms with Gasteiger partial charge in [-0.25, -0.2) is 4.98 Å². The SMILES string of the molecule is CCNc1cc(Oc2ccc(C)cc2)ccn1. The molecule has 88 valence electrons. The van der Waals surface area contributed by atoms with Crippen LogP contribution in [0, 0.1) is 6.92 Å². The van der Waals surface area contributed by atoms with Gasteiger partial charge in [0.2, 0.25) is 0 Å². The Morgan fingerprint density at radius 3 is 2.59 bits per heavy atom. The first-order chi connectivity index (χ1) is 8.28. The fraction of sp³-hybridized carbons (Fsp3) is 0.214. The summed E-state index contributed by atoms with van der Waals surface area (Å²) in [6.07, 6.45) is 1.74. The van der Waals surface area contributed by atoms with Crippen molar-refractivity contribution in [3.63, 3.8) is 0 Å². The zero-order valence-corrected chi connectivity index (χ0v) is 10.1. The minimum Gasteiger partial charge on any atom is -0.457 e. The Morgan fingerprint density at radius 2 is 1.88 bits per heavy atom. The number of hydrogen-bond acceptors (Lipinski definition) is 3. The van der Waals surface area contributed by atoms with E-state index < -0.39 is 0 Å². The first kappa shape index (κ1) is 11.5. The second kappa shape index (κ2) is 5.34. The molecule has 0 bridgehead atoms. The highest BCUT2D eigenvalue weighted by molar-refractivity contribution is 5.42. The number of hydrogen-bond donors (Lipinski definition) is 1. The molecule has 0 spiro atoms. The quantitative estimate of drug-likeness (QED) is 0.868. The lowest BCUT2D eigenvalue weighted by atomic mass is 10.2. The number of pyridine rings is 1. The highest BCUT2D eigenvalue weighted by Gasteiger charge is 1.99. The van der Waals surface area contributed by atoms with Gasteiger partial charge in [-0.15, -0.1) is 0 Å². The van der Waals surface area contributed by atoms with Gasteiger partial charge in [0.1, 0.15) is 17.3 Å². The molecule has 0 saturated carbocycles. The van der Waals surface area contributed by atoms with Crippen molar-refractivity contribution >= 4 is 5.82 Å². The van der Waals surface area contributed by atoms with Crippen LogP contribution in [0.2, 0.25) is 0 Å². The molecule has 0 amide bonds. The predicted octanol–water partition coefficient (Wildman–Crippen LogP) is 3.61. The Hall–Kier alpha value is -2.03. The van der Waals surface area contributed by atoms with Gasteiger partial charge in [-0.1, -0.05) is 17.7 Å². The van der Waals surface area contributed by atoms with Crippen LogP contribution in [0.4, 0.5) is 5.82 Å². The van der Waals surface area contributed by atoms with E-state index in [-0.39, 0.29) is 0 Å². The largest absolute Gasteiger partial charge is 0.457 e. The Balaban J connectivity index is 2.12. The average molecular weight is 228 g/mol. The van der Waals surface area contributed by atoms with Crippen molar-refractivity contribution in [3.8, 4) is 11.5 Å². The van der Waals surface area contributed by atoms with E-state index in [9.17, 15) is 0 Å². The van der Waals surface area contributed by atoms with E-state index in [2.05, 4.69) is 17.2 Å². The van der Waals surface area contributed by atoms with Crippen LogP contribution in [0.15, 0.2) is 42.6 Å². The van der Waals surface area contributed by atoms with Crippen molar-refractivity contribution in [2.45, 2.75) is 13.8 Å². The van der Waals surface area contributed by atoms with Crippen LogP contribution in [0.1, 0.15) is 12.5 Å². The topological polar surface area (TPSA) is 34.1 Å². The van der Waals surface area contributed by atoms with Gasteiger partial charge in [-0.3, -0.25) is 0 Å². The van der Waals surface area contributed by atoms with E-state index in [4.69, 9.17) is 4.74 Å². The molecule has 1 aromatic heterocycles. The van der Waals surface area contributed by atoms with E-state index in [0.717, 1.165) is 23.9 Å². The molecule has 2 rings (SSSR count). The Kier molecular flexibility index (Phi) is 3.60. The zero-order valence-electron chi connectivity index (χ0n) is 10.1. The minimum atomic E-state index is 0.791. The van der Waals surface area contributed by atoms with Crippen LogP contribution in [-0.2, 0) is 0 Å². The minimum absolute atomic E-state index is 0.791. The van der Waals surface area contributed by atoms with Gasteiger partial charge in [0, 0.05) is 18.8 Å². The van der Waals surface area contributed by atoms with Crippen molar-refractivity contribution < 1.29 is 4.74 Å². The molecule has 0 atom stereocenters. The lowest BCUT2D eigenvalue weighted by molar-refractivity contribution is 0.482. The molecule has 0 unspecified atom stereocenters. The molecule has 0 fully saturated rings. The molecule has 2 aromatic rings. The lowest BCUT2D eigenvalue weighted by Gasteiger charge is -2.07. The average Bonchev–Trinajstić information content (AvgIpc) is 2.33. The maximum absolute atomic E-state index is 5.74. The number of nitrogens with one attached hydrogen (secondary N) is 1. The summed E-state index contributed by atoms with van der Waals surface area (Å²) in [4.78, 5) is 4.19. The molecule has 17 heavy (non-hydrogen) atoms. The maximum atomic E-state index is 5.74. The van der Waals surface area contributed by atoms with Crippen LogP contribution >= 0.6 is 0 Å². The van der Waals surface area contributed by atoms with Crippen LogP contribution in [0.25, 0.3) is 0 Å². The highest BCUT2D eigenvalue weighted by Crippen LogP contribution is 2.22. The fourth-order valence-electron chi connectivity index (χ4n) is 1.49. The van der Waals surface area contributed by atoms with E-state index >= 15 is 0 Å². The van der Waals surface area contributed by atoms with Crippen LogP contribution < -0.4 is 10.1 Å². The molecule has 3 heteroatoms. The summed E-state index contributed by atoms with van der Waals surface area (Å²) < 4.78 is 5.74. The van der Waals surface area contributed by atoms with Crippen molar-refractivity contribution in [1.29, 1.82) is 0 Å². The third kappa shape index (κ3) is 3.21. The van der Waals surface area contributed by atoms with Gasteiger partial charge < -0.3 is 10.1 Å². The van der Waals surface area contributed by atoms with Crippen molar-refractivity contribution in [3.05, 3.63) is 48.2 Å². The third-order valence-electron chi connectivity index (χ3n) is 2.35. The third-order valence-corrected chi connectivity index (χ3v) is 2.35. The summed E-state index contributed by atoms with van der Waals surface area (Å²) in [5, 5.41) is 3.15. The molecule has 0 aliphatic carbocycles. The predicted molar refractivity (Wildman–Crippen MR) is 69.7 cm³/mol. The summed E-state index contributed by atoms with van der Waals surface area (Å²) in [6, 6.07) is 11.7. The Bertz CT molecular complexity index is 480. The van der Waals surface area contributed by atoms with Crippen molar-refractivity contribution in [1.82, 2.24) is 4.98 Å². The van der Waals surface area contributed by atoms with E-state index in [0.29, 0.717) is 0 Å². The molecule has 0 aliphatic heterocycles. The van der Waals surface area contributed by atoms with Crippen LogP contribution in [0.5, 0.6) is 11.5 Å². The lowest BCUT2D eigenvalue weighted by Crippen LogP contribution is -1.98. The number of rotatable bonds is 4. The van der Waals surface area contributed by atoms with Gasteiger partial charge in [0.25, 0.3) is 0 Å². The summed E-state index contributed by atoms with van der Waals surface area (Å²) in [7, 11) is 0. The summed E-state index contributed by atoms with van der Waals surface area (Å²) in [6.45, 7) is 4.94. The van der Waals surface area contributed by atoms with Crippen LogP contribution in [0.3, 0.4) is 0 Å². The molecule has 3 nitrogen and oxygen atoms in total. The summed E-state index contributed by atoms with van der Waals surface area (Å²) >= 11 is 0. The number of aromatic nitrogens is 1. The normalized spacial score (nSPS) is 10.0. The van der Waals surface area contributed by atoms with E-state index in [1.54, 1.807) is 6.20 Å². The fourth-order valence-corrected chi connectivity index (χ4v) is 1.49. The molecular weight excluding hydrogens is 212 g/mol. The second-order valence-electron chi connectivity index (χ2n) is 3.82. The Labute approximate surface area is 101 Å². The smallest absolute Gasteiger partial charge is 0.132 e. The van der Waals surface area contributed by atoms with Gasteiger partial charge >= 0.3 is 0 Å². The zero-order chi connectivity index (χ0) is 12.1. The monoisotopic (exact) mass is 228 g/mol. The van der Waals surface area contributed by atoms with Crippen molar-refractivity contribution in [2.24, 2.45) is 0 Å². The van der Waals surface area contributed by atoms with Gasteiger partial charge in [-0.2, -0.15) is 0 Å². The molecule has 0 saturated heterocycles. The first-order valence-corrected chi connectivity index (χ1v) is 5.72. The molecule has 0 aliphatic rings. The first-order valence-electron chi connectivity index (χ1n) is 5.72. The summed E-state index contributed by atoms with van der Waals surface area (Å²) in [5.41, 5.74) is 1.22. The maximum Gasteiger partial charge on any atom is 0.132 e. The molecular formula is C14H16N2O. The summed E-state index contributed by atoms with van der Waals surface area (Å²) in [5.74, 6) is 2.46. The number of ether oxygens (including phenoxy) is 1. The van der Waals surface area contributed by atoms with E-state index in [1.165, 1.54) is 5.56 Å². The number of nitrogens with zero attached hydrogens (tertiary/aromatic N) is 1. The van der Waals surface area contributed by atoms with E-state index in [1.807, 2.05) is 43.3 Å². The standard InChI is InChI=1S/C14H16N2O/c1-3-15-14-10-13(8-9-16-14)17-12-6-4-11(2)5-7-12/h4-10H,3H2,1-2H3,(H,15,16). The number of aryl methyl sites for hydroxylation is 1. The van der Waals surface area contributed by atoms with Gasteiger partial charge in [0.15, 0.2) is 0 Å². The molecule has 1 N–H and O–H groups in total. The molecule has 1 heterocycles. The van der Waals surface area contributed by atoms with Crippen LogP contribution in [-0.4, -0.2) is 11.5 Å². The molecule has 1 aromatic carbocycles. The second-order valence-corrected chi connectivity index (χ2v) is 3.82. The Morgan fingerprint density at radius 1 is 1.12 bits per heavy atom. The molecule has 0 radical (unpaired) electrons. The number of anilines is 1.